The molecule has 0 aliphatic carbocycles. The van der Waals surface area contributed by atoms with Gasteiger partial charge in [0.25, 0.3) is 0 Å². The zero-order chi connectivity index (χ0) is 19.4. The van der Waals surface area contributed by atoms with Gasteiger partial charge in [0.2, 0.25) is 11.9 Å². The minimum absolute atomic E-state index is 0.126. The average Bonchev–Trinajstić information content (AvgIpc) is 2.64. The highest BCUT2D eigenvalue weighted by atomic mass is 19.1. The van der Waals surface area contributed by atoms with Gasteiger partial charge in [-0.1, -0.05) is 12.1 Å². The van der Waals surface area contributed by atoms with Crippen LogP contribution in [-0.4, -0.2) is 33.9 Å². The molecule has 1 unspecified atom stereocenters. The standard InChI is InChI=1S/C21H27FN4O/c1-14-19(15(2)25-21(23)24-14)12-20(27)26-11-3-4-17(13-26)6-5-16-7-9-18(22)10-8-16/h7-10,17H,3-6,11-13H2,1-2H3,(H2,23,24,25). The smallest absolute Gasteiger partial charge is 0.227 e. The fraction of sp³-hybridized carbons (Fsp3) is 0.476. The lowest BCUT2D eigenvalue weighted by molar-refractivity contribution is -0.132. The SMILES string of the molecule is Cc1nc(N)nc(C)c1CC(=O)N1CCCC(CCc2ccc(F)cc2)C1. The van der Waals surface area contributed by atoms with E-state index in [0.717, 1.165) is 61.3 Å². The summed E-state index contributed by atoms with van der Waals surface area (Å²) in [5.41, 5.74) is 9.24. The average molecular weight is 370 g/mol. The van der Waals surface area contributed by atoms with E-state index in [0.29, 0.717) is 12.3 Å². The minimum Gasteiger partial charge on any atom is -0.368 e. The molecule has 2 N–H and O–H groups in total. The van der Waals surface area contributed by atoms with E-state index in [-0.39, 0.29) is 17.7 Å². The molecule has 2 aromatic rings. The number of nitrogens with two attached hydrogens (primary N) is 1. The van der Waals surface area contributed by atoms with Gasteiger partial charge in [-0.2, -0.15) is 0 Å². The van der Waals surface area contributed by atoms with Crippen LogP contribution in [0.3, 0.4) is 0 Å². The molecule has 0 spiro atoms. The first-order chi connectivity index (χ1) is 12.9. The minimum atomic E-state index is -0.203. The van der Waals surface area contributed by atoms with Crippen molar-refractivity contribution in [2.75, 3.05) is 18.8 Å². The van der Waals surface area contributed by atoms with Crippen LogP contribution in [0.1, 0.15) is 41.8 Å². The number of nitrogens with zero attached hydrogens (tertiary/aromatic N) is 3. The molecule has 1 aliphatic heterocycles. The van der Waals surface area contributed by atoms with Gasteiger partial charge in [-0.15, -0.1) is 0 Å². The summed E-state index contributed by atoms with van der Waals surface area (Å²) in [6, 6.07) is 6.69. The molecular weight excluding hydrogens is 343 g/mol. The molecule has 5 nitrogen and oxygen atoms in total. The van der Waals surface area contributed by atoms with Crippen LogP contribution in [-0.2, 0) is 17.6 Å². The number of carbonyl (C=O) groups excluding carboxylic acids is 1. The fourth-order valence-electron chi connectivity index (χ4n) is 3.83. The molecule has 0 saturated carbocycles. The molecule has 1 aromatic carbocycles. The lowest BCUT2D eigenvalue weighted by Crippen LogP contribution is -2.41. The maximum Gasteiger partial charge on any atom is 0.227 e. The summed E-state index contributed by atoms with van der Waals surface area (Å²) in [6.07, 6.45) is 4.40. The normalized spacial score (nSPS) is 17.1. The first-order valence-electron chi connectivity index (χ1n) is 9.54. The molecular formula is C21H27FN4O. The van der Waals surface area contributed by atoms with Gasteiger partial charge in [0.1, 0.15) is 5.82 Å². The van der Waals surface area contributed by atoms with E-state index in [9.17, 15) is 9.18 Å². The van der Waals surface area contributed by atoms with Crippen LogP contribution in [0.4, 0.5) is 10.3 Å². The number of amides is 1. The maximum absolute atomic E-state index is 13.0. The highest BCUT2D eigenvalue weighted by Crippen LogP contribution is 2.23. The molecule has 1 saturated heterocycles. The topological polar surface area (TPSA) is 72.1 Å². The van der Waals surface area contributed by atoms with Gasteiger partial charge in [0, 0.05) is 30.0 Å². The predicted octanol–water partition coefficient (Wildman–Crippen LogP) is 3.23. The number of carbonyl (C=O) groups is 1. The van der Waals surface area contributed by atoms with Gasteiger partial charge in [-0.3, -0.25) is 4.79 Å². The van der Waals surface area contributed by atoms with Gasteiger partial charge in [-0.05, 0) is 63.1 Å². The Morgan fingerprint density at radius 1 is 1.22 bits per heavy atom. The number of hydrogen-bond acceptors (Lipinski definition) is 4. The van der Waals surface area contributed by atoms with Crippen molar-refractivity contribution in [1.82, 2.24) is 14.9 Å². The Hall–Kier alpha value is -2.50. The van der Waals surface area contributed by atoms with Crippen LogP contribution >= 0.6 is 0 Å². The van der Waals surface area contributed by atoms with E-state index in [1.165, 1.54) is 12.1 Å². The van der Waals surface area contributed by atoms with E-state index < -0.39 is 0 Å². The van der Waals surface area contributed by atoms with Gasteiger partial charge in [0.05, 0.1) is 6.42 Å². The van der Waals surface area contributed by atoms with Crippen molar-refractivity contribution >= 4 is 11.9 Å². The number of aromatic nitrogens is 2. The van der Waals surface area contributed by atoms with E-state index in [1.807, 2.05) is 30.9 Å². The van der Waals surface area contributed by atoms with E-state index in [4.69, 9.17) is 5.73 Å². The molecule has 2 heterocycles. The first kappa shape index (κ1) is 19.3. The number of likely N-dealkylation sites (tertiary alicyclic amines) is 1. The van der Waals surface area contributed by atoms with Crippen molar-refractivity contribution in [3.63, 3.8) is 0 Å². The third-order valence-electron chi connectivity index (χ3n) is 5.39. The van der Waals surface area contributed by atoms with Gasteiger partial charge in [0.15, 0.2) is 0 Å². The van der Waals surface area contributed by atoms with Gasteiger partial charge in [-0.25, -0.2) is 14.4 Å². The molecule has 1 aromatic heterocycles. The number of nitrogen functional groups attached to an aromatic ring is 1. The van der Waals surface area contributed by atoms with E-state index >= 15 is 0 Å². The zero-order valence-electron chi connectivity index (χ0n) is 16.0. The van der Waals surface area contributed by atoms with Crippen LogP contribution in [0.15, 0.2) is 24.3 Å². The van der Waals surface area contributed by atoms with Gasteiger partial charge >= 0.3 is 0 Å². The summed E-state index contributed by atoms with van der Waals surface area (Å²) in [5, 5.41) is 0. The van der Waals surface area contributed by atoms with Crippen LogP contribution in [0, 0.1) is 25.6 Å². The number of aryl methyl sites for hydroxylation is 3. The second-order valence-electron chi connectivity index (χ2n) is 7.42. The predicted molar refractivity (Wildman–Crippen MR) is 104 cm³/mol. The summed E-state index contributed by atoms with van der Waals surface area (Å²) in [5.74, 6) is 0.657. The summed E-state index contributed by atoms with van der Waals surface area (Å²) >= 11 is 0. The van der Waals surface area contributed by atoms with Crippen molar-refractivity contribution in [3.05, 3.63) is 52.6 Å². The molecule has 144 valence electrons. The lowest BCUT2D eigenvalue weighted by atomic mass is 9.91. The second-order valence-corrected chi connectivity index (χ2v) is 7.42. The van der Waals surface area contributed by atoms with E-state index in [2.05, 4.69) is 9.97 Å². The molecule has 6 heteroatoms. The summed E-state index contributed by atoms with van der Waals surface area (Å²) in [7, 11) is 0. The van der Waals surface area contributed by atoms with Crippen molar-refractivity contribution in [2.24, 2.45) is 5.92 Å². The van der Waals surface area contributed by atoms with Crippen molar-refractivity contribution in [1.29, 1.82) is 0 Å². The molecule has 0 radical (unpaired) electrons. The zero-order valence-corrected chi connectivity index (χ0v) is 16.0. The number of benzene rings is 1. The quantitative estimate of drug-likeness (QED) is 0.877. The first-order valence-corrected chi connectivity index (χ1v) is 9.54. The van der Waals surface area contributed by atoms with Gasteiger partial charge < -0.3 is 10.6 Å². The molecule has 1 atom stereocenters. The number of hydrogen-bond donors (Lipinski definition) is 1. The Morgan fingerprint density at radius 3 is 2.56 bits per heavy atom. The largest absolute Gasteiger partial charge is 0.368 e. The summed E-state index contributed by atoms with van der Waals surface area (Å²) < 4.78 is 13.0. The maximum atomic E-state index is 13.0. The second kappa shape index (κ2) is 8.46. The number of halogens is 1. The highest BCUT2D eigenvalue weighted by Gasteiger charge is 2.24. The summed E-state index contributed by atoms with van der Waals surface area (Å²) in [4.78, 5) is 23.1. The Kier molecular flexibility index (Phi) is 6.04. The van der Waals surface area contributed by atoms with Crippen LogP contribution in [0.25, 0.3) is 0 Å². The number of rotatable bonds is 5. The Labute approximate surface area is 159 Å². The number of anilines is 1. The van der Waals surface area contributed by atoms with E-state index in [1.54, 1.807) is 0 Å². The Morgan fingerprint density at radius 2 is 1.89 bits per heavy atom. The molecule has 1 amide bonds. The Balaban J connectivity index is 1.57. The molecule has 0 bridgehead atoms. The number of piperidine rings is 1. The fourth-order valence-corrected chi connectivity index (χ4v) is 3.83. The van der Waals surface area contributed by atoms with Crippen LogP contribution in [0.2, 0.25) is 0 Å². The molecule has 1 fully saturated rings. The van der Waals surface area contributed by atoms with Crippen molar-refractivity contribution in [2.45, 2.75) is 46.0 Å². The monoisotopic (exact) mass is 370 g/mol. The molecule has 27 heavy (non-hydrogen) atoms. The van der Waals surface area contributed by atoms with Crippen molar-refractivity contribution < 1.29 is 9.18 Å². The molecule has 3 rings (SSSR count). The Bertz CT molecular complexity index is 783. The highest BCUT2D eigenvalue weighted by molar-refractivity contribution is 5.79. The van der Waals surface area contributed by atoms with Crippen molar-refractivity contribution in [3.8, 4) is 0 Å². The molecule has 1 aliphatic rings. The van der Waals surface area contributed by atoms with Crippen LogP contribution in [0.5, 0.6) is 0 Å². The third-order valence-corrected chi connectivity index (χ3v) is 5.39. The van der Waals surface area contributed by atoms with Crippen LogP contribution < -0.4 is 5.73 Å². The lowest BCUT2D eigenvalue weighted by Gasteiger charge is -2.33. The third kappa shape index (κ3) is 5.02. The summed E-state index contributed by atoms with van der Waals surface area (Å²) in [6.45, 7) is 5.33.